The maximum absolute atomic E-state index is 3.84. The predicted octanol–water partition coefficient (Wildman–Crippen LogP) is 7.15. The summed E-state index contributed by atoms with van der Waals surface area (Å²) < 4.78 is 0. The van der Waals surface area contributed by atoms with Crippen LogP contribution in [0.3, 0.4) is 0 Å². The van der Waals surface area contributed by atoms with Crippen LogP contribution in [0.25, 0.3) is 11.1 Å². The van der Waals surface area contributed by atoms with Crippen LogP contribution in [0.4, 0.5) is 0 Å². The number of fused-ring (bicyclic) bond motifs is 3. The minimum absolute atomic E-state index is 0. The van der Waals surface area contributed by atoms with Crippen molar-refractivity contribution in [2.75, 3.05) is 0 Å². The van der Waals surface area contributed by atoms with E-state index in [4.69, 9.17) is 0 Å². The van der Waals surface area contributed by atoms with E-state index in [2.05, 4.69) is 36.4 Å². The fraction of sp³-hybridized carbons (Fsp3) is 0.520. The first-order chi connectivity index (χ1) is 12.4. The van der Waals surface area contributed by atoms with Crippen LogP contribution in [-0.4, -0.2) is 0 Å². The molecule has 26 heavy (non-hydrogen) atoms. The van der Waals surface area contributed by atoms with Gasteiger partial charge in [-0.25, -0.2) is 0 Å². The summed E-state index contributed by atoms with van der Waals surface area (Å²) in [5, 5.41) is 0. The van der Waals surface area contributed by atoms with Crippen LogP contribution in [0, 0.1) is 6.07 Å². The number of benzene rings is 2. The molecule has 3 aliphatic rings. The Labute approximate surface area is 173 Å². The van der Waals surface area contributed by atoms with Gasteiger partial charge in [-0.15, -0.1) is 11.1 Å². The Hall–Kier alpha value is -0.846. The van der Waals surface area contributed by atoms with Gasteiger partial charge in [-0.2, -0.15) is 23.8 Å². The van der Waals surface area contributed by atoms with E-state index in [-0.39, 0.29) is 21.7 Å². The topological polar surface area (TPSA) is 0 Å². The van der Waals surface area contributed by atoms with Crippen molar-refractivity contribution >= 4 is 0 Å². The van der Waals surface area contributed by atoms with Crippen LogP contribution in [0.5, 0.6) is 0 Å². The Bertz CT molecular complexity index is 698. The van der Waals surface area contributed by atoms with E-state index in [0.29, 0.717) is 0 Å². The molecule has 0 bridgehead atoms. The summed E-state index contributed by atoms with van der Waals surface area (Å²) >= 11 is 0. The summed E-state index contributed by atoms with van der Waals surface area (Å²) in [4.78, 5) is 0. The second-order valence-electron chi connectivity index (χ2n) is 8.57. The minimum atomic E-state index is 0. The normalized spacial score (nSPS) is 20.3. The van der Waals surface area contributed by atoms with E-state index in [9.17, 15) is 0 Å². The van der Waals surface area contributed by atoms with Gasteiger partial charge in [0.05, 0.1) is 0 Å². The summed E-state index contributed by atoms with van der Waals surface area (Å²) in [6, 6.07) is 16.0. The Kier molecular flexibility index (Phi) is 5.72. The minimum Gasteiger partial charge on any atom is -0.176 e. The van der Waals surface area contributed by atoms with Gasteiger partial charge >= 0.3 is 0 Å². The third-order valence-corrected chi connectivity index (χ3v) is 6.96. The van der Waals surface area contributed by atoms with Crippen molar-refractivity contribution in [2.24, 2.45) is 0 Å². The second-order valence-corrected chi connectivity index (χ2v) is 8.57. The van der Waals surface area contributed by atoms with Crippen molar-refractivity contribution in [1.29, 1.82) is 0 Å². The molecule has 2 fully saturated rings. The first kappa shape index (κ1) is 18.5. The standard InChI is InChI=1S/C25H29.Ti/c1-3-7-18(8-4-1)20-11-13-24-22(15-20)17-23-16-21(12-14-25(23)24)19-9-5-2-6-10-19;/h11-15,18-19H,1-10,17H2;/q-1;. The third-order valence-electron chi connectivity index (χ3n) is 6.96. The van der Waals surface area contributed by atoms with Gasteiger partial charge in [0.1, 0.15) is 0 Å². The van der Waals surface area contributed by atoms with Crippen molar-refractivity contribution < 1.29 is 21.7 Å². The molecule has 5 rings (SSSR count). The molecule has 2 saturated carbocycles. The summed E-state index contributed by atoms with van der Waals surface area (Å²) in [6.07, 6.45) is 15.1. The monoisotopic (exact) mass is 377 g/mol. The molecule has 2 aromatic carbocycles. The Morgan fingerprint density at radius 1 is 0.692 bits per heavy atom. The van der Waals surface area contributed by atoms with Gasteiger partial charge < -0.3 is 0 Å². The van der Waals surface area contributed by atoms with Gasteiger partial charge in [0.2, 0.25) is 0 Å². The SMILES string of the molecule is [Ti].[c-]1c(C2CCCCC2)ccc2c1Cc1cc(C3CCCCC3)ccc1-2. The van der Waals surface area contributed by atoms with Crippen LogP contribution in [0.15, 0.2) is 30.3 Å². The van der Waals surface area contributed by atoms with E-state index < -0.39 is 0 Å². The molecule has 0 nitrogen and oxygen atoms in total. The molecule has 0 spiro atoms. The molecule has 1 heteroatoms. The summed E-state index contributed by atoms with van der Waals surface area (Å²) in [5.74, 6) is 1.57. The van der Waals surface area contributed by atoms with Crippen molar-refractivity contribution in [3.05, 3.63) is 58.7 Å². The van der Waals surface area contributed by atoms with E-state index in [1.54, 1.807) is 11.1 Å². The van der Waals surface area contributed by atoms with Crippen molar-refractivity contribution in [2.45, 2.75) is 82.5 Å². The van der Waals surface area contributed by atoms with Crippen LogP contribution in [-0.2, 0) is 28.1 Å². The number of rotatable bonds is 2. The van der Waals surface area contributed by atoms with E-state index in [1.165, 1.54) is 86.5 Å². The van der Waals surface area contributed by atoms with E-state index in [0.717, 1.165) is 18.3 Å². The van der Waals surface area contributed by atoms with E-state index >= 15 is 0 Å². The zero-order chi connectivity index (χ0) is 16.6. The predicted molar refractivity (Wildman–Crippen MR) is 105 cm³/mol. The Balaban J connectivity index is 0.00000168. The van der Waals surface area contributed by atoms with Crippen LogP contribution >= 0.6 is 0 Å². The second kappa shape index (κ2) is 8.03. The van der Waals surface area contributed by atoms with Crippen molar-refractivity contribution in [3.63, 3.8) is 0 Å². The maximum Gasteiger partial charge on any atom is 0 e. The largest absolute Gasteiger partial charge is 0.176 e. The molecule has 0 saturated heterocycles. The smallest absolute Gasteiger partial charge is 0 e. The van der Waals surface area contributed by atoms with Gasteiger partial charge in [0.25, 0.3) is 0 Å². The molecular weight excluding hydrogens is 348 g/mol. The van der Waals surface area contributed by atoms with Crippen LogP contribution in [0.1, 0.15) is 98.3 Å². The molecule has 0 aliphatic heterocycles. The number of hydrogen-bond donors (Lipinski definition) is 0. The molecule has 134 valence electrons. The average molecular weight is 377 g/mol. The summed E-state index contributed by atoms with van der Waals surface area (Å²) in [5.41, 5.74) is 9.01. The summed E-state index contributed by atoms with van der Waals surface area (Å²) in [7, 11) is 0. The third kappa shape index (κ3) is 3.48. The fourth-order valence-corrected chi connectivity index (χ4v) is 5.50. The van der Waals surface area contributed by atoms with Gasteiger partial charge in [0.15, 0.2) is 0 Å². The molecule has 0 amide bonds. The molecular formula is C25H29Ti-. The van der Waals surface area contributed by atoms with E-state index in [1.807, 2.05) is 0 Å². The van der Waals surface area contributed by atoms with Crippen molar-refractivity contribution in [3.8, 4) is 11.1 Å². The van der Waals surface area contributed by atoms with Gasteiger partial charge in [-0.3, -0.25) is 0 Å². The van der Waals surface area contributed by atoms with Gasteiger partial charge in [0, 0.05) is 21.7 Å². The maximum atomic E-state index is 3.84. The molecule has 0 N–H and O–H groups in total. The van der Waals surface area contributed by atoms with Crippen molar-refractivity contribution in [1.82, 2.24) is 0 Å². The fourth-order valence-electron chi connectivity index (χ4n) is 5.50. The zero-order valence-electron chi connectivity index (χ0n) is 15.8. The summed E-state index contributed by atoms with van der Waals surface area (Å²) in [6.45, 7) is 0. The Morgan fingerprint density at radius 3 is 2.08 bits per heavy atom. The van der Waals surface area contributed by atoms with Gasteiger partial charge in [-0.1, -0.05) is 62.3 Å². The average Bonchev–Trinajstić information content (AvgIpc) is 3.06. The molecule has 0 aromatic heterocycles. The Morgan fingerprint density at radius 2 is 1.35 bits per heavy atom. The van der Waals surface area contributed by atoms with Crippen LogP contribution in [0.2, 0.25) is 0 Å². The molecule has 3 aliphatic carbocycles. The first-order valence-corrected chi connectivity index (χ1v) is 10.6. The first-order valence-electron chi connectivity index (χ1n) is 10.6. The quantitative estimate of drug-likeness (QED) is 0.329. The molecule has 0 radical (unpaired) electrons. The molecule has 0 unspecified atom stereocenters. The molecule has 0 heterocycles. The van der Waals surface area contributed by atoms with Crippen LogP contribution < -0.4 is 0 Å². The number of hydrogen-bond acceptors (Lipinski definition) is 0. The molecule has 2 aromatic rings. The zero-order valence-corrected chi connectivity index (χ0v) is 17.4. The molecule has 0 atom stereocenters. The van der Waals surface area contributed by atoms with Gasteiger partial charge in [-0.05, 0) is 55.1 Å².